The van der Waals surface area contributed by atoms with E-state index in [9.17, 15) is 15.2 Å². The second-order valence-electron chi connectivity index (χ2n) is 5.29. The number of nitro groups is 1. The van der Waals surface area contributed by atoms with Gasteiger partial charge in [-0.3, -0.25) is 15.0 Å². The number of hydrogen-bond acceptors (Lipinski definition) is 5. The molecule has 1 atom stereocenters. The number of nitro benzene ring substituents is 1. The molecule has 0 bridgehead atoms. The Bertz CT molecular complexity index is 569. The predicted octanol–water partition coefficient (Wildman–Crippen LogP) is 3.82. The Morgan fingerprint density at radius 1 is 1.42 bits per heavy atom. The first-order chi connectivity index (χ1) is 10.5. The summed E-state index contributed by atoms with van der Waals surface area (Å²) in [6.45, 7) is 7.20. The second-order valence-corrected chi connectivity index (χ2v) is 6.20. The molecule has 0 saturated carbocycles. The molecule has 6 nitrogen and oxygen atoms in total. The van der Waals surface area contributed by atoms with E-state index in [2.05, 4.69) is 32.7 Å². The summed E-state index contributed by atoms with van der Waals surface area (Å²) in [5.41, 5.74) is 0.341. The Morgan fingerprint density at radius 3 is 2.58 bits per heavy atom. The lowest BCUT2D eigenvalue weighted by Crippen LogP contribution is -2.45. The molecule has 1 aromatic rings. The van der Waals surface area contributed by atoms with E-state index in [4.69, 9.17) is 0 Å². The molecule has 0 spiro atoms. The zero-order chi connectivity index (χ0) is 16.1. The summed E-state index contributed by atoms with van der Waals surface area (Å²) in [7, 11) is 0. The summed E-state index contributed by atoms with van der Waals surface area (Å²) in [5.74, 6) is -0.235. The van der Waals surface area contributed by atoms with E-state index in [1.165, 1.54) is 6.07 Å². The van der Waals surface area contributed by atoms with Crippen molar-refractivity contribution in [2.75, 3.05) is 26.2 Å². The monoisotopic (exact) mass is 441 g/mol. The van der Waals surface area contributed by atoms with Gasteiger partial charge >= 0.3 is 5.69 Å². The van der Waals surface area contributed by atoms with Crippen LogP contribution in [0.15, 0.2) is 29.3 Å². The van der Waals surface area contributed by atoms with Crippen LogP contribution in [0.2, 0.25) is 0 Å². The third-order valence-corrected chi connectivity index (χ3v) is 4.33. The van der Waals surface area contributed by atoms with Gasteiger partial charge in [-0.25, -0.2) is 0 Å². The molecule has 1 aromatic carbocycles. The fraction of sp³-hybridized carbons (Fsp3) is 0.467. The van der Waals surface area contributed by atoms with Crippen LogP contribution in [0.4, 0.5) is 5.69 Å². The smallest absolute Gasteiger partial charge is 0.312 e. The number of phenolic OH excluding ortho intramolecular Hbond substituents is 1. The fourth-order valence-electron chi connectivity index (χ4n) is 2.80. The maximum Gasteiger partial charge on any atom is 0.312 e. The molecular formula is C15H22BrCl2N3O3. The largest absolute Gasteiger partial charge is 0.502 e. The van der Waals surface area contributed by atoms with E-state index >= 15 is 0 Å². The molecule has 0 unspecified atom stereocenters. The number of phenols is 1. The van der Waals surface area contributed by atoms with Crippen LogP contribution in [-0.4, -0.2) is 41.1 Å². The van der Waals surface area contributed by atoms with Crippen molar-refractivity contribution in [3.05, 3.63) is 44.9 Å². The third-order valence-electron chi connectivity index (χ3n) is 3.88. The second kappa shape index (κ2) is 10.9. The first-order valence-corrected chi connectivity index (χ1v) is 8.06. The highest BCUT2D eigenvalue weighted by atomic mass is 79.9. The van der Waals surface area contributed by atoms with Crippen molar-refractivity contribution in [1.82, 2.24) is 10.2 Å². The quantitative estimate of drug-likeness (QED) is 0.397. The molecule has 2 N–H and O–H groups in total. The molecule has 0 amide bonds. The van der Waals surface area contributed by atoms with Crippen molar-refractivity contribution in [3.8, 4) is 5.75 Å². The molecule has 0 aliphatic carbocycles. The molecular weight excluding hydrogens is 421 g/mol. The van der Waals surface area contributed by atoms with Crippen molar-refractivity contribution in [3.63, 3.8) is 0 Å². The van der Waals surface area contributed by atoms with Crippen LogP contribution >= 0.6 is 40.7 Å². The lowest BCUT2D eigenvalue weighted by atomic mass is 9.97. The van der Waals surface area contributed by atoms with Crippen LogP contribution in [0.5, 0.6) is 5.75 Å². The van der Waals surface area contributed by atoms with Gasteiger partial charge in [-0.15, -0.1) is 31.4 Å². The number of benzene rings is 1. The topological polar surface area (TPSA) is 78.6 Å². The Balaban J connectivity index is 0.00000264. The third kappa shape index (κ3) is 5.60. The molecule has 1 saturated heterocycles. The average Bonchev–Trinajstić information content (AvgIpc) is 2.51. The van der Waals surface area contributed by atoms with E-state index in [-0.39, 0.29) is 42.3 Å². The molecule has 2 rings (SSSR count). The van der Waals surface area contributed by atoms with Gasteiger partial charge in [-0.1, -0.05) is 22.0 Å². The minimum absolute atomic E-state index is 0. The van der Waals surface area contributed by atoms with Crippen molar-refractivity contribution < 1.29 is 10.0 Å². The molecule has 0 aromatic heterocycles. The van der Waals surface area contributed by atoms with Gasteiger partial charge in [-0.05, 0) is 18.9 Å². The SMILES string of the molecule is C=CCC[C@H](c1cc(Br)cc([N+](=O)[O-])c1O)N1CCNCC1.Cl.Cl. The summed E-state index contributed by atoms with van der Waals surface area (Å²) < 4.78 is 0.603. The zero-order valence-corrected chi connectivity index (χ0v) is 16.3. The number of allylic oxidation sites excluding steroid dienone is 1. The zero-order valence-electron chi connectivity index (χ0n) is 13.1. The van der Waals surface area contributed by atoms with Crippen molar-refractivity contribution >= 4 is 46.4 Å². The van der Waals surface area contributed by atoms with Gasteiger partial charge in [0.25, 0.3) is 0 Å². The number of piperazine rings is 1. The summed E-state index contributed by atoms with van der Waals surface area (Å²) >= 11 is 3.31. The first kappa shape index (κ1) is 23.1. The molecule has 136 valence electrons. The Hall–Kier alpha value is -0.860. The first-order valence-electron chi connectivity index (χ1n) is 7.27. The normalized spacial score (nSPS) is 15.7. The minimum Gasteiger partial charge on any atom is -0.502 e. The minimum atomic E-state index is -0.550. The standard InChI is InChI=1S/C15H20BrN3O3.2ClH/c1-2-3-4-13(18-7-5-17-6-8-18)12-9-11(16)10-14(15(12)20)19(21)22;;/h2,9-10,13,17,20H,1,3-8H2;2*1H/t13-;;/m1../s1. The molecule has 1 aliphatic heterocycles. The molecule has 24 heavy (non-hydrogen) atoms. The highest BCUT2D eigenvalue weighted by molar-refractivity contribution is 9.10. The van der Waals surface area contributed by atoms with E-state index in [1.807, 2.05) is 6.08 Å². The van der Waals surface area contributed by atoms with Gasteiger partial charge in [0.1, 0.15) is 0 Å². The number of halogens is 3. The van der Waals surface area contributed by atoms with E-state index < -0.39 is 4.92 Å². The molecule has 9 heteroatoms. The van der Waals surface area contributed by atoms with Gasteiger partial charge in [0, 0.05) is 48.3 Å². The summed E-state index contributed by atoms with van der Waals surface area (Å²) in [5, 5.41) is 24.8. The van der Waals surface area contributed by atoms with Crippen LogP contribution in [0.3, 0.4) is 0 Å². The van der Waals surface area contributed by atoms with E-state index in [0.717, 1.165) is 39.0 Å². The lowest BCUT2D eigenvalue weighted by molar-refractivity contribution is -0.386. The maximum absolute atomic E-state index is 11.1. The van der Waals surface area contributed by atoms with Gasteiger partial charge in [-0.2, -0.15) is 0 Å². The van der Waals surface area contributed by atoms with Crippen LogP contribution in [0.25, 0.3) is 0 Å². The highest BCUT2D eigenvalue weighted by Gasteiger charge is 2.28. The molecule has 0 radical (unpaired) electrons. The maximum atomic E-state index is 11.1. The Kier molecular flexibility index (Phi) is 10.5. The molecule has 1 aliphatic rings. The van der Waals surface area contributed by atoms with Crippen molar-refractivity contribution in [2.24, 2.45) is 0 Å². The van der Waals surface area contributed by atoms with E-state index in [0.29, 0.717) is 10.0 Å². The molecule has 1 fully saturated rings. The summed E-state index contributed by atoms with van der Waals surface area (Å²) in [6, 6.07) is 3.05. The highest BCUT2D eigenvalue weighted by Crippen LogP contribution is 2.40. The van der Waals surface area contributed by atoms with Crippen molar-refractivity contribution in [1.29, 1.82) is 0 Å². The number of hydrogen-bond donors (Lipinski definition) is 2. The average molecular weight is 443 g/mol. The lowest BCUT2D eigenvalue weighted by Gasteiger charge is -2.35. The van der Waals surface area contributed by atoms with E-state index in [1.54, 1.807) is 6.07 Å². The number of nitrogens with one attached hydrogen (secondary N) is 1. The Morgan fingerprint density at radius 2 is 2.04 bits per heavy atom. The van der Waals surface area contributed by atoms with Gasteiger partial charge in [0.2, 0.25) is 0 Å². The van der Waals surface area contributed by atoms with Crippen LogP contribution in [0.1, 0.15) is 24.4 Å². The van der Waals surface area contributed by atoms with Crippen LogP contribution < -0.4 is 5.32 Å². The number of rotatable bonds is 6. The van der Waals surface area contributed by atoms with Gasteiger partial charge < -0.3 is 10.4 Å². The summed E-state index contributed by atoms with van der Waals surface area (Å²) in [6.07, 6.45) is 3.39. The van der Waals surface area contributed by atoms with Crippen LogP contribution in [0, 0.1) is 10.1 Å². The predicted molar refractivity (Wildman–Crippen MR) is 104 cm³/mol. The fourth-order valence-corrected chi connectivity index (χ4v) is 3.27. The van der Waals surface area contributed by atoms with Crippen molar-refractivity contribution in [2.45, 2.75) is 18.9 Å². The van der Waals surface area contributed by atoms with Gasteiger partial charge in [0.15, 0.2) is 5.75 Å². The number of aromatic hydroxyl groups is 1. The van der Waals surface area contributed by atoms with Gasteiger partial charge in [0.05, 0.1) is 4.92 Å². The number of nitrogens with zero attached hydrogens (tertiary/aromatic N) is 2. The Labute approximate surface area is 162 Å². The molecule has 1 heterocycles. The van der Waals surface area contributed by atoms with Crippen LogP contribution in [-0.2, 0) is 0 Å². The summed E-state index contributed by atoms with van der Waals surface area (Å²) in [4.78, 5) is 12.8.